The summed E-state index contributed by atoms with van der Waals surface area (Å²) in [5.41, 5.74) is 1.39. The van der Waals surface area contributed by atoms with Gasteiger partial charge in [0.25, 0.3) is 0 Å². The van der Waals surface area contributed by atoms with Crippen molar-refractivity contribution in [1.29, 1.82) is 0 Å². The average molecular weight is 396 g/mol. The maximum atomic E-state index is 12.1. The van der Waals surface area contributed by atoms with Crippen LogP contribution in [-0.2, 0) is 4.79 Å². The van der Waals surface area contributed by atoms with Crippen LogP contribution < -0.4 is 18.9 Å². The molecule has 0 spiro atoms. The highest BCUT2D eigenvalue weighted by molar-refractivity contribution is 6.02. The molecule has 0 atom stereocenters. The fraction of sp³-hybridized carbons (Fsp3) is 0.174. The SMILES string of the molecule is COc1ccc(OC)c(C=CC(=O)C=C(O)C=Cc2cc(OC)ccc2OC)c1. The lowest BCUT2D eigenvalue weighted by molar-refractivity contribution is -0.110. The fourth-order valence-corrected chi connectivity index (χ4v) is 2.53. The van der Waals surface area contributed by atoms with Crippen LogP contribution in [0.4, 0.5) is 0 Å². The number of allylic oxidation sites excluding steroid dienone is 3. The molecule has 6 heteroatoms. The number of aliphatic hydroxyl groups is 1. The summed E-state index contributed by atoms with van der Waals surface area (Å²) >= 11 is 0. The van der Waals surface area contributed by atoms with Crippen molar-refractivity contribution in [3.63, 3.8) is 0 Å². The fourth-order valence-electron chi connectivity index (χ4n) is 2.53. The first kappa shape index (κ1) is 21.6. The van der Waals surface area contributed by atoms with Crippen LogP contribution in [0.1, 0.15) is 11.1 Å². The van der Waals surface area contributed by atoms with Crippen LogP contribution in [0, 0.1) is 0 Å². The van der Waals surface area contributed by atoms with Gasteiger partial charge < -0.3 is 24.1 Å². The van der Waals surface area contributed by atoms with Gasteiger partial charge in [-0.3, -0.25) is 4.79 Å². The van der Waals surface area contributed by atoms with E-state index in [4.69, 9.17) is 18.9 Å². The minimum absolute atomic E-state index is 0.192. The molecule has 0 aliphatic carbocycles. The molecule has 6 nitrogen and oxygen atoms in total. The first-order chi connectivity index (χ1) is 14.0. The smallest absolute Gasteiger partial charge is 0.182 e. The van der Waals surface area contributed by atoms with Crippen LogP contribution in [0.15, 0.2) is 60.4 Å². The Balaban J connectivity index is 2.15. The number of carbonyl (C=O) groups excluding carboxylic acids is 1. The standard InChI is InChI=1S/C23H24O6/c1-26-20-9-11-22(28-3)16(13-20)5-7-18(24)15-19(25)8-6-17-14-21(27-2)10-12-23(17)29-4/h5-15,24H,1-4H3. The lowest BCUT2D eigenvalue weighted by Crippen LogP contribution is -1.92. The maximum absolute atomic E-state index is 12.1. The zero-order valence-electron chi connectivity index (χ0n) is 16.8. The molecule has 2 aromatic carbocycles. The van der Waals surface area contributed by atoms with E-state index in [1.807, 2.05) is 0 Å². The average Bonchev–Trinajstić information content (AvgIpc) is 2.75. The van der Waals surface area contributed by atoms with E-state index in [-0.39, 0.29) is 11.5 Å². The third-order valence-corrected chi connectivity index (χ3v) is 4.02. The maximum Gasteiger partial charge on any atom is 0.182 e. The highest BCUT2D eigenvalue weighted by Crippen LogP contribution is 2.26. The number of hydrogen-bond donors (Lipinski definition) is 1. The third kappa shape index (κ3) is 6.17. The number of methoxy groups -OCH3 is 4. The molecule has 0 saturated heterocycles. The summed E-state index contributed by atoms with van der Waals surface area (Å²) in [6, 6.07) is 10.6. The number of ether oxygens (including phenoxy) is 4. The Labute approximate surface area is 170 Å². The first-order valence-corrected chi connectivity index (χ1v) is 8.75. The van der Waals surface area contributed by atoms with E-state index in [0.717, 1.165) is 6.08 Å². The van der Waals surface area contributed by atoms with Crippen molar-refractivity contribution in [2.45, 2.75) is 0 Å². The van der Waals surface area contributed by atoms with Crippen LogP contribution in [-0.4, -0.2) is 39.3 Å². The normalized spacial score (nSPS) is 11.7. The molecule has 0 aliphatic rings. The summed E-state index contributed by atoms with van der Waals surface area (Å²) < 4.78 is 20.9. The Bertz CT molecular complexity index is 940. The van der Waals surface area contributed by atoms with Crippen molar-refractivity contribution in [3.05, 3.63) is 71.5 Å². The van der Waals surface area contributed by atoms with E-state index in [2.05, 4.69) is 0 Å². The summed E-state index contributed by atoms with van der Waals surface area (Å²) in [7, 11) is 6.22. The molecular weight excluding hydrogens is 372 g/mol. The molecule has 0 fully saturated rings. The number of hydrogen-bond acceptors (Lipinski definition) is 6. The zero-order valence-corrected chi connectivity index (χ0v) is 16.8. The van der Waals surface area contributed by atoms with Crippen molar-refractivity contribution in [1.82, 2.24) is 0 Å². The van der Waals surface area contributed by atoms with Crippen molar-refractivity contribution in [3.8, 4) is 23.0 Å². The van der Waals surface area contributed by atoms with Crippen LogP contribution >= 0.6 is 0 Å². The molecule has 0 aromatic heterocycles. The molecule has 2 rings (SSSR count). The molecule has 0 heterocycles. The zero-order chi connectivity index (χ0) is 21.2. The van der Waals surface area contributed by atoms with Gasteiger partial charge in [0.1, 0.15) is 28.8 Å². The molecule has 1 N–H and O–H groups in total. The van der Waals surface area contributed by atoms with E-state index in [9.17, 15) is 9.90 Å². The first-order valence-electron chi connectivity index (χ1n) is 8.75. The predicted molar refractivity (Wildman–Crippen MR) is 113 cm³/mol. The third-order valence-electron chi connectivity index (χ3n) is 4.02. The number of aliphatic hydroxyl groups excluding tert-OH is 1. The van der Waals surface area contributed by atoms with Gasteiger partial charge in [-0.2, -0.15) is 0 Å². The molecule has 0 saturated carbocycles. The second kappa shape index (κ2) is 10.6. The van der Waals surface area contributed by atoms with Crippen LogP contribution in [0.25, 0.3) is 12.2 Å². The predicted octanol–water partition coefficient (Wildman–Crippen LogP) is 4.46. The molecule has 0 radical (unpaired) electrons. The van der Waals surface area contributed by atoms with Crippen molar-refractivity contribution in [2.75, 3.05) is 28.4 Å². The van der Waals surface area contributed by atoms with Gasteiger partial charge in [-0.05, 0) is 60.7 Å². The van der Waals surface area contributed by atoms with Crippen LogP contribution in [0.2, 0.25) is 0 Å². The topological polar surface area (TPSA) is 74.2 Å². The van der Waals surface area contributed by atoms with Crippen LogP contribution in [0.5, 0.6) is 23.0 Å². The Kier molecular flexibility index (Phi) is 7.91. The monoisotopic (exact) mass is 396 g/mol. The Morgan fingerprint density at radius 2 is 1.24 bits per heavy atom. The van der Waals surface area contributed by atoms with Crippen LogP contribution in [0.3, 0.4) is 0 Å². The molecule has 0 aliphatic heterocycles. The van der Waals surface area contributed by atoms with Gasteiger partial charge >= 0.3 is 0 Å². The quantitative estimate of drug-likeness (QED) is 0.383. The molecule has 0 amide bonds. The largest absolute Gasteiger partial charge is 0.508 e. The Morgan fingerprint density at radius 1 is 0.759 bits per heavy atom. The highest BCUT2D eigenvalue weighted by atomic mass is 16.5. The lowest BCUT2D eigenvalue weighted by atomic mass is 10.1. The highest BCUT2D eigenvalue weighted by Gasteiger charge is 2.04. The number of ketones is 1. The summed E-state index contributed by atoms with van der Waals surface area (Å²) in [5.74, 6) is 1.95. The lowest BCUT2D eigenvalue weighted by Gasteiger charge is -2.07. The number of rotatable bonds is 9. The summed E-state index contributed by atoms with van der Waals surface area (Å²) in [6.07, 6.45) is 7.10. The Morgan fingerprint density at radius 3 is 1.69 bits per heavy atom. The molecular formula is C23H24O6. The van der Waals surface area contributed by atoms with E-state index in [0.29, 0.717) is 34.1 Å². The van der Waals surface area contributed by atoms with Gasteiger partial charge in [-0.15, -0.1) is 0 Å². The second-order valence-electron chi connectivity index (χ2n) is 5.85. The van der Waals surface area contributed by atoms with E-state index < -0.39 is 0 Å². The number of carbonyl (C=O) groups is 1. The number of benzene rings is 2. The molecule has 0 unspecified atom stereocenters. The van der Waals surface area contributed by atoms with Gasteiger partial charge in [-0.25, -0.2) is 0 Å². The van der Waals surface area contributed by atoms with E-state index in [1.165, 1.54) is 12.2 Å². The summed E-state index contributed by atoms with van der Waals surface area (Å²) in [4.78, 5) is 12.1. The van der Waals surface area contributed by atoms with E-state index >= 15 is 0 Å². The second-order valence-corrected chi connectivity index (χ2v) is 5.85. The summed E-state index contributed by atoms with van der Waals surface area (Å²) in [6.45, 7) is 0. The Hall–Kier alpha value is -3.67. The van der Waals surface area contributed by atoms with Crippen molar-refractivity contribution in [2.24, 2.45) is 0 Å². The molecule has 0 bridgehead atoms. The molecule has 2 aromatic rings. The van der Waals surface area contributed by atoms with E-state index in [1.54, 1.807) is 77.0 Å². The minimum atomic E-state index is -0.380. The van der Waals surface area contributed by atoms with Gasteiger partial charge in [0.2, 0.25) is 0 Å². The van der Waals surface area contributed by atoms with Gasteiger partial charge in [-0.1, -0.05) is 0 Å². The van der Waals surface area contributed by atoms with Gasteiger partial charge in [0, 0.05) is 17.2 Å². The molecule has 29 heavy (non-hydrogen) atoms. The molecule has 152 valence electrons. The minimum Gasteiger partial charge on any atom is -0.508 e. The van der Waals surface area contributed by atoms with Gasteiger partial charge in [0.15, 0.2) is 5.78 Å². The van der Waals surface area contributed by atoms with Crippen molar-refractivity contribution < 1.29 is 28.8 Å². The summed E-state index contributed by atoms with van der Waals surface area (Å²) in [5, 5.41) is 10.1. The van der Waals surface area contributed by atoms with Crippen molar-refractivity contribution >= 4 is 17.9 Å². The van der Waals surface area contributed by atoms with Gasteiger partial charge in [0.05, 0.1) is 28.4 Å².